The van der Waals surface area contributed by atoms with Gasteiger partial charge in [-0.05, 0) is 31.4 Å². The highest BCUT2D eigenvalue weighted by Crippen LogP contribution is 2.26. The van der Waals surface area contributed by atoms with Crippen molar-refractivity contribution in [3.8, 4) is 0 Å². The summed E-state index contributed by atoms with van der Waals surface area (Å²) in [6, 6.07) is 9.87. The lowest BCUT2D eigenvalue weighted by Gasteiger charge is -2.19. The van der Waals surface area contributed by atoms with E-state index < -0.39 is 5.92 Å². The molecule has 22 heavy (non-hydrogen) atoms. The Bertz CT molecular complexity index is 521. The molecule has 1 N–H and O–H groups in total. The Labute approximate surface area is 131 Å². The first-order valence-electron chi connectivity index (χ1n) is 8.42. The Kier molecular flexibility index (Phi) is 4.76. The summed E-state index contributed by atoms with van der Waals surface area (Å²) in [5.41, 5.74) is 0.886. The normalized spacial score (nSPS) is 23.4. The SMILES string of the molecule is O=C(NC1CCCCCC1)C1CCN(c2ccccc2)C1=O. The molecule has 2 aliphatic rings. The smallest absolute Gasteiger partial charge is 0.239 e. The van der Waals surface area contributed by atoms with E-state index in [0.29, 0.717) is 13.0 Å². The van der Waals surface area contributed by atoms with E-state index in [0.717, 1.165) is 18.5 Å². The van der Waals surface area contributed by atoms with E-state index in [2.05, 4.69) is 5.32 Å². The summed E-state index contributed by atoms with van der Waals surface area (Å²) in [6.07, 6.45) is 7.60. The molecule has 1 heterocycles. The first-order valence-corrected chi connectivity index (χ1v) is 8.42. The number of nitrogens with one attached hydrogen (secondary N) is 1. The lowest BCUT2D eigenvalue weighted by molar-refractivity contribution is -0.132. The van der Waals surface area contributed by atoms with E-state index in [-0.39, 0.29) is 17.9 Å². The van der Waals surface area contributed by atoms with Crippen LogP contribution in [0.5, 0.6) is 0 Å². The third-order valence-corrected chi connectivity index (χ3v) is 4.79. The lowest BCUT2D eigenvalue weighted by atomic mass is 10.0. The number of hydrogen-bond donors (Lipinski definition) is 1. The monoisotopic (exact) mass is 300 g/mol. The molecule has 1 saturated heterocycles. The second-order valence-corrected chi connectivity index (χ2v) is 6.36. The van der Waals surface area contributed by atoms with Crippen molar-refractivity contribution in [3.05, 3.63) is 30.3 Å². The topological polar surface area (TPSA) is 49.4 Å². The molecular weight excluding hydrogens is 276 g/mol. The van der Waals surface area contributed by atoms with Crippen LogP contribution in [0.3, 0.4) is 0 Å². The second kappa shape index (κ2) is 6.95. The third-order valence-electron chi connectivity index (χ3n) is 4.79. The van der Waals surface area contributed by atoms with Gasteiger partial charge in [-0.3, -0.25) is 9.59 Å². The van der Waals surface area contributed by atoms with Crippen LogP contribution in [-0.2, 0) is 9.59 Å². The van der Waals surface area contributed by atoms with Crippen LogP contribution in [0.25, 0.3) is 0 Å². The fourth-order valence-electron chi connectivity index (χ4n) is 3.51. The van der Waals surface area contributed by atoms with E-state index in [1.165, 1.54) is 25.7 Å². The van der Waals surface area contributed by atoms with E-state index in [9.17, 15) is 9.59 Å². The predicted octanol–water partition coefficient (Wildman–Crippen LogP) is 2.88. The highest BCUT2D eigenvalue weighted by molar-refractivity contribution is 6.09. The number of para-hydroxylation sites is 1. The van der Waals surface area contributed by atoms with Gasteiger partial charge in [-0.25, -0.2) is 0 Å². The summed E-state index contributed by atoms with van der Waals surface area (Å²) < 4.78 is 0. The zero-order chi connectivity index (χ0) is 15.4. The molecular formula is C18H24N2O2. The van der Waals surface area contributed by atoms with Crippen molar-refractivity contribution in [3.63, 3.8) is 0 Å². The summed E-state index contributed by atoms with van der Waals surface area (Å²) in [6.45, 7) is 0.631. The summed E-state index contributed by atoms with van der Waals surface area (Å²) in [4.78, 5) is 26.7. The fourth-order valence-corrected chi connectivity index (χ4v) is 3.51. The van der Waals surface area contributed by atoms with Crippen molar-refractivity contribution in [1.29, 1.82) is 0 Å². The predicted molar refractivity (Wildman–Crippen MR) is 86.5 cm³/mol. The Balaban J connectivity index is 1.60. The van der Waals surface area contributed by atoms with E-state index in [1.54, 1.807) is 4.90 Å². The molecule has 0 radical (unpaired) electrons. The van der Waals surface area contributed by atoms with Gasteiger partial charge in [-0.15, -0.1) is 0 Å². The van der Waals surface area contributed by atoms with Gasteiger partial charge < -0.3 is 10.2 Å². The maximum absolute atomic E-state index is 12.5. The van der Waals surface area contributed by atoms with Crippen molar-refractivity contribution in [2.75, 3.05) is 11.4 Å². The molecule has 4 nitrogen and oxygen atoms in total. The van der Waals surface area contributed by atoms with Crippen LogP contribution in [0.1, 0.15) is 44.9 Å². The van der Waals surface area contributed by atoms with Gasteiger partial charge in [-0.2, -0.15) is 0 Å². The van der Waals surface area contributed by atoms with Gasteiger partial charge in [0.05, 0.1) is 0 Å². The Hall–Kier alpha value is -1.84. The van der Waals surface area contributed by atoms with Crippen LogP contribution < -0.4 is 10.2 Å². The average molecular weight is 300 g/mol. The Morgan fingerprint density at radius 1 is 1.00 bits per heavy atom. The highest BCUT2D eigenvalue weighted by Gasteiger charge is 2.38. The molecule has 2 fully saturated rings. The molecule has 1 aromatic rings. The molecule has 118 valence electrons. The van der Waals surface area contributed by atoms with Gasteiger partial charge in [0, 0.05) is 18.3 Å². The van der Waals surface area contributed by atoms with Crippen LogP contribution in [0.15, 0.2) is 30.3 Å². The number of carbonyl (C=O) groups excluding carboxylic acids is 2. The number of nitrogens with zero attached hydrogens (tertiary/aromatic N) is 1. The largest absolute Gasteiger partial charge is 0.353 e. The van der Waals surface area contributed by atoms with Gasteiger partial charge in [0.15, 0.2) is 0 Å². The Morgan fingerprint density at radius 2 is 1.68 bits per heavy atom. The molecule has 2 amide bonds. The summed E-state index contributed by atoms with van der Waals surface area (Å²) in [5, 5.41) is 3.12. The molecule has 1 atom stereocenters. The van der Waals surface area contributed by atoms with Crippen LogP contribution in [0.4, 0.5) is 5.69 Å². The average Bonchev–Trinajstić information content (AvgIpc) is 2.75. The molecule has 1 saturated carbocycles. The van der Waals surface area contributed by atoms with Crippen molar-refractivity contribution in [2.24, 2.45) is 5.92 Å². The van der Waals surface area contributed by atoms with Crippen LogP contribution >= 0.6 is 0 Å². The molecule has 1 aliphatic carbocycles. The zero-order valence-electron chi connectivity index (χ0n) is 13.0. The first kappa shape index (κ1) is 15.1. The van der Waals surface area contributed by atoms with Gasteiger partial charge in [0.2, 0.25) is 11.8 Å². The minimum atomic E-state index is -0.511. The number of hydrogen-bond acceptors (Lipinski definition) is 2. The summed E-state index contributed by atoms with van der Waals surface area (Å²) in [7, 11) is 0. The second-order valence-electron chi connectivity index (χ2n) is 6.36. The third kappa shape index (κ3) is 3.32. The molecule has 0 spiro atoms. The molecule has 4 heteroatoms. The first-order chi connectivity index (χ1) is 10.8. The maximum atomic E-state index is 12.5. The van der Waals surface area contributed by atoms with Crippen molar-refractivity contribution in [1.82, 2.24) is 5.32 Å². The number of rotatable bonds is 3. The highest BCUT2D eigenvalue weighted by atomic mass is 16.2. The van der Waals surface area contributed by atoms with Crippen molar-refractivity contribution in [2.45, 2.75) is 51.0 Å². The Morgan fingerprint density at radius 3 is 2.36 bits per heavy atom. The lowest BCUT2D eigenvalue weighted by Crippen LogP contribution is -2.41. The molecule has 0 aromatic heterocycles. The van der Waals surface area contributed by atoms with Crippen LogP contribution in [0, 0.1) is 5.92 Å². The standard InChI is InChI=1S/C18H24N2O2/c21-17(19-14-8-4-1-2-5-9-14)16-12-13-20(18(16)22)15-10-6-3-7-11-15/h3,6-7,10-11,14,16H,1-2,4-5,8-9,12-13H2,(H,19,21). The molecule has 3 rings (SSSR count). The van der Waals surface area contributed by atoms with E-state index in [1.807, 2.05) is 30.3 Å². The van der Waals surface area contributed by atoms with Crippen molar-refractivity contribution < 1.29 is 9.59 Å². The van der Waals surface area contributed by atoms with E-state index in [4.69, 9.17) is 0 Å². The van der Waals surface area contributed by atoms with Gasteiger partial charge in [0.1, 0.15) is 5.92 Å². The zero-order valence-corrected chi connectivity index (χ0v) is 13.0. The summed E-state index contributed by atoms with van der Waals surface area (Å²) in [5.74, 6) is -0.642. The summed E-state index contributed by atoms with van der Waals surface area (Å²) >= 11 is 0. The van der Waals surface area contributed by atoms with Crippen LogP contribution in [0.2, 0.25) is 0 Å². The quantitative estimate of drug-likeness (QED) is 0.689. The minimum absolute atomic E-state index is 0.0580. The number of carbonyl (C=O) groups is 2. The van der Waals surface area contributed by atoms with Gasteiger partial charge in [0.25, 0.3) is 0 Å². The maximum Gasteiger partial charge on any atom is 0.239 e. The molecule has 1 unspecified atom stereocenters. The minimum Gasteiger partial charge on any atom is -0.353 e. The van der Waals surface area contributed by atoms with Gasteiger partial charge >= 0.3 is 0 Å². The van der Waals surface area contributed by atoms with E-state index >= 15 is 0 Å². The van der Waals surface area contributed by atoms with Crippen molar-refractivity contribution >= 4 is 17.5 Å². The number of anilines is 1. The molecule has 0 bridgehead atoms. The molecule has 1 aliphatic heterocycles. The molecule has 1 aromatic carbocycles. The van der Waals surface area contributed by atoms with Gasteiger partial charge in [-0.1, -0.05) is 43.9 Å². The number of amides is 2. The number of benzene rings is 1. The fraction of sp³-hybridized carbons (Fsp3) is 0.556. The van der Waals surface area contributed by atoms with Crippen LogP contribution in [-0.4, -0.2) is 24.4 Å².